The van der Waals surface area contributed by atoms with E-state index >= 15 is 0 Å². The monoisotopic (exact) mass is 1200 g/mol. The molecule has 408 valence electrons. The zero-order valence-electron chi connectivity index (χ0n) is 39.8. The number of rotatable bonds is 22. The zero-order chi connectivity index (χ0) is 56.5. The van der Waals surface area contributed by atoms with Crippen LogP contribution >= 0.6 is 34.7 Å². The van der Waals surface area contributed by atoms with Crippen molar-refractivity contribution >= 4 is 152 Å². The van der Waals surface area contributed by atoms with Gasteiger partial charge in [0.15, 0.2) is 5.65 Å². The summed E-state index contributed by atoms with van der Waals surface area (Å²) in [5, 5.41) is 37.3. The Bertz CT molecular complexity index is 4310. The number of carbonyl (C=O) groups excluding carboxylic acids is 1. The zero-order valence-corrected chi connectivity index (χ0v) is 45.5. The number of pyridine rings is 1. The quantitative estimate of drug-likeness (QED) is 0.0159. The molecule has 0 unspecified atom stereocenters. The lowest BCUT2D eigenvalue weighted by molar-refractivity contribution is 0.100. The number of nitrogens with two attached hydrogens (primary N) is 1. The summed E-state index contributed by atoms with van der Waals surface area (Å²) in [6.07, 6.45) is -0.249. The molecule has 0 atom stereocenters. The number of amides is 1. The van der Waals surface area contributed by atoms with Crippen LogP contribution in [0, 0.1) is 13.8 Å². The number of azo groups is 3. The van der Waals surface area contributed by atoms with Crippen molar-refractivity contribution in [2.45, 2.75) is 40.9 Å². The molecular weight excluding hydrogens is 1160 g/mol. The molecule has 33 heteroatoms. The fourth-order valence-electron chi connectivity index (χ4n) is 7.56. The average molecular weight is 1200 g/mol. The minimum Gasteiger partial charge on any atom is -0.493 e. The molecule has 8 rings (SSSR count). The van der Waals surface area contributed by atoms with Crippen LogP contribution in [0.4, 0.5) is 33.6 Å². The van der Waals surface area contributed by atoms with E-state index in [9.17, 15) is 61.8 Å². The summed E-state index contributed by atoms with van der Waals surface area (Å²) >= 11 is 8.58. The fourth-order valence-corrected chi connectivity index (χ4v) is 12.1. The molecule has 3 aromatic heterocycles. The Labute approximate surface area is 456 Å². The minimum atomic E-state index is -4.91. The second-order valence-corrected chi connectivity index (χ2v) is 24.9. The van der Waals surface area contributed by atoms with E-state index in [1.807, 2.05) is 0 Å². The topological polar surface area (TPSA) is 404 Å². The number of aromatic nitrogens is 3. The number of ether oxygens (including phenoxy) is 2. The number of primary amides is 1. The number of nitrogens with zero attached hydrogens (tertiary/aromatic N) is 9. The van der Waals surface area contributed by atoms with Gasteiger partial charge >= 0.3 is 0 Å². The Hall–Kier alpha value is -6.85. The first-order valence-corrected chi connectivity index (χ1v) is 30.5. The van der Waals surface area contributed by atoms with Crippen molar-refractivity contribution in [3.8, 4) is 17.4 Å². The number of fused-ring (bicyclic) bond motifs is 6. The maximum atomic E-state index is 12.8. The summed E-state index contributed by atoms with van der Waals surface area (Å²) in [5.41, 5.74) is 6.16. The number of hydrogen-bond donors (Lipinski definition) is 6. The summed E-state index contributed by atoms with van der Waals surface area (Å²) in [4.78, 5) is 20.6. The maximum absolute atomic E-state index is 12.8. The molecule has 0 fully saturated rings. The first-order valence-electron chi connectivity index (χ1n) is 22.2. The van der Waals surface area contributed by atoms with Crippen molar-refractivity contribution in [2.24, 2.45) is 36.4 Å². The van der Waals surface area contributed by atoms with E-state index in [1.54, 1.807) is 24.3 Å². The molecule has 2 radical (unpaired) electrons. The highest BCUT2D eigenvalue weighted by molar-refractivity contribution is 7.99. The van der Waals surface area contributed by atoms with E-state index in [1.165, 1.54) is 41.7 Å². The number of para-hydroxylation sites is 2. The Balaban J connectivity index is 1.21. The number of imidazole rings is 1. The fraction of sp³-hybridized carbons (Fsp3) is 0.200. The SMILES string of the molecule is [CH]CCOc1cc(N=Nc2cc(OCCCS(=O)(=O)O)c(N=Nc3c(C)c(C(N)=O)c4nc5ccccc5n4c3O)cc2Cl)c(SCCCS(=O)(=O)O)cc1N=Nc1nc2c(S(=O)(=O)O)cc3ccc(S(=O)(=O)O)cc3c2s1. The van der Waals surface area contributed by atoms with Crippen LogP contribution in [0.15, 0.2) is 118 Å². The van der Waals surface area contributed by atoms with Crippen LogP contribution in [0.5, 0.6) is 17.4 Å². The van der Waals surface area contributed by atoms with Gasteiger partial charge in [0.1, 0.15) is 50.3 Å². The predicted octanol–water partition coefficient (Wildman–Crippen LogP) is 10.3. The van der Waals surface area contributed by atoms with Crippen molar-refractivity contribution in [3.63, 3.8) is 0 Å². The molecule has 26 nitrogen and oxygen atoms in total. The Morgan fingerprint density at radius 3 is 2.09 bits per heavy atom. The first kappa shape index (κ1) is 57.3. The number of thiazole rings is 1. The van der Waals surface area contributed by atoms with Gasteiger partial charge in [-0.15, -0.1) is 42.4 Å². The van der Waals surface area contributed by atoms with Gasteiger partial charge in [0.2, 0.25) is 11.0 Å². The van der Waals surface area contributed by atoms with Crippen molar-refractivity contribution in [3.05, 3.63) is 95.9 Å². The van der Waals surface area contributed by atoms with E-state index in [0.29, 0.717) is 11.0 Å². The highest BCUT2D eigenvalue weighted by Crippen LogP contribution is 2.46. The molecular formula is C45H39ClN10O16S6. The van der Waals surface area contributed by atoms with Gasteiger partial charge in [-0.3, -0.25) is 27.4 Å². The molecule has 8 aromatic rings. The van der Waals surface area contributed by atoms with E-state index in [2.05, 4.69) is 40.7 Å². The Morgan fingerprint density at radius 2 is 1.41 bits per heavy atom. The summed E-state index contributed by atoms with van der Waals surface area (Å²) in [5.74, 6) is -2.65. The lowest BCUT2D eigenvalue weighted by atomic mass is 10.1. The molecule has 0 saturated heterocycles. The van der Waals surface area contributed by atoms with Crippen LogP contribution < -0.4 is 15.2 Å². The molecule has 0 spiro atoms. The van der Waals surface area contributed by atoms with Crippen LogP contribution in [0.25, 0.3) is 37.7 Å². The summed E-state index contributed by atoms with van der Waals surface area (Å²) in [7, 11) is -18.4. The second kappa shape index (κ2) is 22.9. The number of carbonyl (C=O) groups is 1. The van der Waals surface area contributed by atoms with Gasteiger partial charge in [0, 0.05) is 22.4 Å². The predicted molar refractivity (Wildman–Crippen MR) is 287 cm³/mol. The van der Waals surface area contributed by atoms with Gasteiger partial charge in [0.25, 0.3) is 46.4 Å². The van der Waals surface area contributed by atoms with Crippen molar-refractivity contribution in [2.75, 3.05) is 30.5 Å². The first-order chi connectivity index (χ1) is 36.7. The van der Waals surface area contributed by atoms with Crippen LogP contribution in [0.3, 0.4) is 0 Å². The largest absolute Gasteiger partial charge is 0.493 e. The average Bonchev–Trinajstić information content (AvgIpc) is 4.10. The summed E-state index contributed by atoms with van der Waals surface area (Å²) in [6, 6.07) is 16.5. The number of aromatic hydroxyl groups is 1. The Morgan fingerprint density at radius 1 is 0.769 bits per heavy atom. The molecule has 1 amide bonds. The molecule has 0 aliphatic carbocycles. The van der Waals surface area contributed by atoms with E-state index in [0.717, 1.165) is 41.3 Å². The number of hydrogen-bond acceptors (Lipinski definition) is 22. The summed E-state index contributed by atoms with van der Waals surface area (Å²) < 4.78 is 147. The second-order valence-electron chi connectivity index (χ2n) is 16.5. The van der Waals surface area contributed by atoms with E-state index in [4.69, 9.17) is 33.7 Å². The van der Waals surface area contributed by atoms with Gasteiger partial charge in [-0.2, -0.15) is 33.7 Å². The van der Waals surface area contributed by atoms with Gasteiger partial charge in [0.05, 0.1) is 55.9 Å². The van der Waals surface area contributed by atoms with E-state index < -0.39 is 73.6 Å². The third-order valence-electron chi connectivity index (χ3n) is 11.0. The normalized spacial score (nSPS) is 12.9. The smallest absolute Gasteiger partial charge is 0.296 e. The molecule has 0 aliphatic rings. The van der Waals surface area contributed by atoms with Crippen molar-refractivity contribution in [1.82, 2.24) is 14.4 Å². The lowest BCUT2D eigenvalue weighted by Crippen LogP contribution is -2.15. The summed E-state index contributed by atoms with van der Waals surface area (Å²) in [6.45, 7) is 6.85. The number of halogens is 1. The highest BCUT2D eigenvalue weighted by atomic mass is 35.5. The molecule has 0 bridgehead atoms. The van der Waals surface area contributed by atoms with Gasteiger partial charge in [-0.25, -0.2) is 9.97 Å². The lowest BCUT2D eigenvalue weighted by Gasteiger charge is -2.13. The van der Waals surface area contributed by atoms with Crippen molar-refractivity contribution in [1.29, 1.82) is 0 Å². The van der Waals surface area contributed by atoms with Crippen molar-refractivity contribution < 1.29 is 71.3 Å². The third-order valence-corrected chi connectivity index (χ3v) is 16.7. The molecule has 7 N–H and O–H groups in total. The molecule has 0 aliphatic heterocycles. The maximum Gasteiger partial charge on any atom is 0.296 e. The molecule has 0 saturated carbocycles. The number of thioether (sulfide) groups is 1. The Kier molecular flexibility index (Phi) is 16.8. The van der Waals surface area contributed by atoms with Crippen LogP contribution in [-0.2, 0) is 40.5 Å². The van der Waals surface area contributed by atoms with Crippen LogP contribution in [-0.4, -0.2) is 108 Å². The standard InChI is InChI=1S/C45H39ClN10O16S6/c1-3-12-71-35-21-32(36(73-14-7-16-76(62,63)64)22-31(35)52-55-45-49-40-37(78(68,69)70)17-24-10-11-25(77(65,66)67)18-26(24)41(40)74-45)53-50-29-20-34(72-13-6-15-75(59,60)61)30(19-27(29)46)51-54-39-23(2)38(42(47)57)43-48-28-8-4-5-9-33(28)56(43)44(39)58/h1,4-5,8-11,17-22,58H,3,6-7,12-16H2,2H3,(H2,47,57)(H,59,60,61)(H,62,63,64)(H,65,66,67)(H,68,69,70). The van der Waals surface area contributed by atoms with Crippen LogP contribution in [0.2, 0.25) is 5.02 Å². The van der Waals surface area contributed by atoms with E-state index in [-0.39, 0.29) is 131 Å². The molecule has 3 heterocycles. The molecule has 5 aromatic carbocycles. The van der Waals surface area contributed by atoms with Gasteiger partial charge in [-0.05, 0) is 92.3 Å². The molecule has 78 heavy (non-hydrogen) atoms. The minimum absolute atomic E-state index is 0.00134. The highest BCUT2D eigenvalue weighted by Gasteiger charge is 2.26. The van der Waals surface area contributed by atoms with Gasteiger partial charge < -0.3 is 20.3 Å². The third kappa shape index (κ3) is 13.2. The van der Waals surface area contributed by atoms with Gasteiger partial charge in [-0.1, -0.05) is 41.1 Å². The van der Waals surface area contributed by atoms with Crippen LogP contribution in [0.1, 0.15) is 35.2 Å². The number of benzene rings is 5.